The molecule has 0 bridgehead atoms. The highest BCUT2D eigenvalue weighted by atomic mass is 16.5. The summed E-state index contributed by atoms with van der Waals surface area (Å²) in [5.41, 5.74) is 2.20. The maximum Gasteiger partial charge on any atom is 0.343 e. The summed E-state index contributed by atoms with van der Waals surface area (Å²) < 4.78 is 27.9. The van der Waals surface area contributed by atoms with Crippen LogP contribution in [0.4, 0.5) is 0 Å². The lowest BCUT2D eigenvalue weighted by molar-refractivity contribution is -0.137. The zero-order valence-electron chi connectivity index (χ0n) is 25.4. The summed E-state index contributed by atoms with van der Waals surface area (Å²) in [6, 6.07) is 19.6. The molecular weight excluding hydrogens is 560 g/mol. The monoisotopic (exact) mass is 600 g/mol. The number of ether oxygens (including phenoxy) is 5. The molecule has 3 rings (SSSR count). The molecule has 8 heteroatoms. The molecule has 0 fully saturated rings. The molecule has 1 unspecified atom stereocenters. The van der Waals surface area contributed by atoms with Crippen LogP contribution in [0.25, 0.3) is 0 Å². The first kappa shape index (κ1) is 33.6. The lowest BCUT2D eigenvalue weighted by Gasteiger charge is -2.13. The van der Waals surface area contributed by atoms with Gasteiger partial charge in [0.15, 0.2) is 5.78 Å². The van der Waals surface area contributed by atoms with E-state index in [2.05, 4.69) is 13.2 Å². The number of hydrogen-bond acceptors (Lipinski definition) is 8. The van der Waals surface area contributed by atoms with E-state index in [-0.39, 0.29) is 18.3 Å². The normalized spacial score (nSPS) is 11.1. The van der Waals surface area contributed by atoms with Gasteiger partial charge < -0.3 is 23.7 Å². The van der Waals surface area contributed by atoms with Gasteiger partial charge in [-0.2, -0.15) is 0 Å². The Morgan fingerprint density at radius 1 is 0.750 bits per heavy atom. The second-order valence-electron chi connectivity index (χ2n) is 10.2. The van der Waals surface area contributed by atoms with E-state index < -0.39 is 11.9 Å². The first-order valence-corrected chi connectivity index (χ1v) is 14.6. The Morgan fingerprint density at radius 3 is 2.05 bits per heavy atom. The smallest absolute Gasteiger partial charge is 0.343 e. The van der Waals surface area contributed by atoms with Crippen molar-refractivity contribution in [1.29, 1.82) is 0 Å². The van der Waals surface area contributed by atoms with Gasteiger partial charge in [0.1, 0.15) is 29.6 Å². The number of allylic oxidation sites excluding steroid dienone is 1. The number of unbranched alkanes of at least 4 members (excludes halogenated alkanes) is 3. The van der Waals surface area contributed by atoms with Gasteiger partial charge in [0.25, 0.3) is 0 Å². The standard InChI is InChI=1S/C36H40O8/c1-5-33(37)27(4)24-42-31-15-11-28(12-16-31)25-43-34-20-19-32(23-26(34)3)44-36(39)29-13-17-30(18-14-29)40-21-9-7-8-10-22-41-35(38)6-2/h5-6,11-20,23,27H,1-2,7-10,21-22,24-25H2,3-4H3. The Labute approximate surface area is 259 Å². The number of ketones is 1. The predicted octanol–water partition coefficient (Wildman–Crippen LogP) is 7.23. The third-order valence-electron chi connectivity index (χ3n) is 6.67. The minimum atomic E-state index is -0.465. The molecule has 3 aromatic carbocycles. The van der Waals surface area contributed by atoms with Crippen molar-refractivity contribution in [2.24, 2.45) is 5.92 Å². The van der Waals surface area contributed by atoms with E-state index in [0.29, 0.717) is 48.4 Å². The van der Waals surface area contributed by atoms with E-state index in [1.807, 2.05) is 31.2 Å². The molecule has 0 aromatic heterocycles. The Hall–Kier alpha value is -4.85. The Kier molecular flexibility index (Phi) is 13.7. The van der Waals surface area contributed by atoms with Crippen molar-refractivity contribution < 1.29 is 38.1 Å². The molecule has 0 heterocycles. The van der Waals surface area contributed by atoms with Gasteiger partial charge in [-0.1, -0.05) is 32.2 Å². The number of rotatable bonds is 19. The topological polar surface area (TPSA) is 97.4 Å². The summed E-state index contributed by atoms with van der Waals surface area (Å²) in [5.74, 6) is 1.30. The van der Waals surface area contributed by atoms with Crippen molar-refractivity contribution in [3.63, 3.8) is 0 Å². The molecule has 0 saturated carbocycles. The van der Waals surface area contributed by atoms with Crippen molar-refractivity contribution in [2.75, 3.05) is 19.8 Å². The summed E-state index contributed by atoms with van der Waals surface area (Å²) in [6.07, 6.45) is 6.05. The zero-order chi connectivity index (χ0) is 31.7. The molecule has 44 heavy (non-hydrogen) atoms. The fourth-order valence-electron chi connectivity index (χ4n) is 4.03. The summed E-state index contributed by atoms with van der Waals surface area (Å²) in [4.78, 5) is 35.3. The quantitative estimate of drug-likeness (QED) is 0.0615. The van der Waals surface area contributed by atoms with E-state index in [4.69, 9.17) is 23.7 Å². The van der Waals surface area contributed by atoms with Crippen LogP contribution >= 0.6 is 0 Å². The highest BCUT2D eigenvalue weighted by molar-refractivity contribution is 5.91. The van der Waals surface area contributed by atoms with Gasteiger partial charge in [0.2, 0.25) is 0 Å². The van der Waals surface area contributed by atoms with Crippen molar-refractivity contribution in [1.82, 2.24) is 0 Å². The maximum absolute atomic E-state index is 12.7. The molecule has 1 atom stereocenters. The van der Waals surface area contributed by atoms with E-state index in [9.17, 15) is 14.4 Å². The van der Waals surface area contributed by atoms with Crippen molar-refractivity contribution >= 4 is 17.7 Å². The van der Waals surface area contributed by atoms with Crippen LogP contribution in [0.3, 0.4) is 0 Å². The van der Waals surface area contributed by atoms with Crippen LogP contribution in [0, 0.1) is 12.8 Å². The van der Waals surface area contributed by atoms with Crippen molar-refractivity contribution in [3.8, 4) is 23.0 Å². The molecule has 0 aliphatic heterocycles. The Morgan fingerprint density at radius 2 is 1.39 bits per heavy atom. The Bertz CT molecular complexity index is 1390. The molecule has 0 N–H and O–H groups in total. The minimum absolute atomic E-state index is 0.0475. The molecule has 0 aliphatic rings. The Balaban J connectivity index is 1.39. The second kappa shape index (κ2) is 18.0. The molecule has 0 saturated heterocycles. The van der Waals surface area contributed by atoms with Crippen LogP contribution in [0.2, 0.25) is 0 Å². The molecule has 0 spiro atoms. The van der Waals surface area contributed by atoms with E-state index in [0.717, 1.165) is 42.9 Å². The van der Waals surface area contributed by atoms with Gasteiger partial charge in [0, 0.05) is 6.08 Å². The molecule has 3 aromatic rings. The van der Waals surface area contributed by atoms with Crippen LogP contribution in [0.5, 0.6) is 23.0 Å². The minimum Gasteiger partial charge on any atom is -0.494 e. The summed E-state index contributed by atoms with van der Waals surface area (Å²) in [7, 11) is 0. The van der Waals surface area contributed by atoms with E-state index in [1.54, 1.807) is 49.4 Å². The fraction of sp³-hybridized carbons (Fsp3) is 0.306. The van der Waals surface area contributed by atoms with Gasteiger partial charge in [-0.05, 0) is 104 Å². The molecule has 0 aliphatic carbocycles. The van der Waals surface area contributed by atoms with Gasteiger partial charge in [-0.25, -0.2) is 9.59 Å². The van der Waals surface area contributed by atoms with Crippen LogP contribution in [0.1, 0.15) is 54.1 Å². The highest BCUT2D eigenvalue weighted by Crippen LogP contribution is 2.26. The number of aryl methyl sites for hydroxylation is 1. The van der Waals surface area contributed by atoms with Gasteiger partial charge in [-0.15, -0.1) is 0 Å². The summed E-state index contributed by atoms with van der Waals surface area (Å²) in [6.45, 7) is 12.2. The average molecular weight is 601 g/mol. The SMILES string of the molecule is C=CC(=O)OCCCCCCOc1ccc(C(=O)Oc2ccc(OCc3ccc(OCC(C)C(=O)C=C)cc3)c(C)c2)cc1. The van der Waals surface area contributed by atoms with Gasteiger partial charge >= 0.3 is 11.9 Å². The van der Waals surface area contributed by atoms with Crippen LogP contribution in [0.15, 0.2) is 92.0 Å². The maximum atomic E-state index is 12.7. The third kappa shape index (κ3) is 11.4. The molecule has 0 amide bonds. The first-order valence-electron chi connectivity index (χ1n) is 14.6. The van der Waals surface area contributed by atoms with Crippen molar-refractivity contribution in [3.05, 3.63) is 109 Å². The number of carbonyl (C=O) groups is 3. The van der Waals surface area contributed by atoms with Crippen LogP contribution in [-0.4, -0.2) is 37.5 Å². The molecule has 8 nitrogen and oxygen atoms in total. The summed E-state index contributed by atoms with van der Waals surface area (Å²) in [5, 5.41) is 0. The first-order chi connectivity index (χ1) is 21.3. The van der Waals surface area contributed by atoms with E-state index in [1.165, 1.54) is 6.08 Å². The van der Waals surface area contributed by atoms with Gasteiger partial charge in [0.05, 0.1) is 31.3 Å². The molecule has 232 valence electrons. The van der Waals surface area contributed by atoms with Crippen LogP contribution in [-0.2, 0) is 20.9 Å². The number of carbonyl (C=O) groups excluding carboxylic acids is 3. The fourth-order valence-corrected chi connectivity index (χ4v) is 4.03. The predicted molar refractivity (Wildman–Crippen MR) is 168 cm³/mol. The highest BCUT2D eigenvalue weighted by Gasteiger charge is 2.12. The lowest BCUT2D eigenvalue weighted by Crippen LogP contribution is -2.16. The number of benzene rings is 3. The number of esters is 2. The number of hydrogen-bond donors (Lipinski definition) is 0. The van der Waals surface area contributed by atoms with Crippen molar-refractivity contribution in [2.45, 2.75) is 46.1 Å². The zero-order valence-corrected chi connectivity index (χ0v) is 25.4. The third-order valence-corrected chi connectivity index (χ3v) is 6.67. The van der Waals surface area contributed by atoms with E-state index >= 15 is 0 Å². The molecular formula is C36H40O8. The van der Waals surface area contributed by atoms with Crippen LogP contribution < -0.4 is 18.9 Å². The lowest BCUT2D eigenvalue weighted by atomic mass is 10.1. The van der Waals surface area contributed by atoms with Gasteiger partial charge in [-0.3, -0.25) is 4.79 Å². The largest absolute Gasteiger partial charge is 0.494 e. The summed E-state index contributed by atoms with van der Waals surface area (Å²) >= 11 is 0. The average Bonchev–Trinajstić information content (AvgIpc) is 3.04. The molecule has 0 radical (unpaired) electrons. The second-order valence-corrected chi connectivity index (χ2v) is 10.2.